The Balaban J connectivity index is 1.92. The molecule has 1 aromatic rings. The Kier molecular flexibility index (Phi) is 4.13. The highest BCUT2D eigenvalue weighted by Gasteiger charge is 2.23. The van der Waals surface area contributed by atoms with Crippen LogP contribution >= 0.6 is 0 Å². The molecule has 0 amide bonds. The predicted octanol–water partition coefficient (Wildman–Crippen LogP) is 2.38. The Labute approximate surface area is 99.7 Å². The van der Waals surface area contributed by atoms with Crippen molar-refractivity contribution in [1.82, 2.24) is 0 Å². The van der Waals surface area contributed by atoms with Crippen molar-refractivity contribution in [3.05, 3.63) is 35.9 Å². The number of benzene rings is 1. The maximum atomic E-state index is 12.1. The molecule has 0 radical (unpaired) electrons. The Morgan fingerprint density at radius 3 is 2.50 bits per heavy atom. The van der Waals surface area contributed by atoms with Gasteiger partial charge in [0.05, 0.1) is 0 Å². The van der Waals surface area contributed by atoms with Gasteiger partial charge in [0.2, 0.25) is 0 Å². The molecule has 1 aliphatic carbocycles. The minimum Gasteiger partial charge on any atom is -0.323 e. The van der Waals surface area contributed by atoms with Gasteiger partial charge in [0.15, 0.2) is 0 Å². The van der Waals surface area contributed by atoms with Crippen molar-refractivity contribution in [1.29, 1.82) is 0 Å². The second kappa shape index (κ2) is 5.60. The first kappa shape index (κ1) is 11.8. The maximum absolute atomic E-state index is 12.1. The summed E-state index contributed by atoms with van der Waals surface area (Å²) in [5.41, 5.74) is 7.16. The quantitative estimate of drug-likeness (QED) is 0.873. The summed E-state index contributed by atoms with van der Waals surface area (Å²) in [6.07, 6.45) is 4.70. The molecule has 0 aromatic heterocycles. The fourth-order valence-electron chi connectivity index (χ4n) is 2.26. The van der Waals surface area contributed by atoms with Crippen molar-refractivity contribution in [3.8, 4) is 0 Å². The normalized spacial score (nSPS) is 20.8. The smallest absolute Gasteiger partial charge is 0.0431 e. The van der Waals surface area contributed by atoms with Crippen LogP contribution in [0.2, 0.25) is 0 Å². The summed E-state index contributed by atoms with van der Waals surface area (Å²) in [5.74, 6) is 0.606. The van der Waals surface area contributed by atoms with E-state index < -0.39 is 10.8 Å². The van der Waals surface area contributed by atoms with Gasteiger partial charge < -0.3 is 5.73 Å². The minimum absolute atomic E-state index is 0.0809. The van der Waals surface area contributed by atoms with E-state index in [-0.39, 0.29) is 6.04 Å². The molecule has 0 spiro atoms. The van der Waals surface area contributed by atoms with Gasteiger partial charge in [-0.3, -0.25) is 4.21 Å². The monoisotopic (exact) mass is 237 g/mol. The molecule has 0 saturated heterocycles. The lowest BCUT2D eigenvalue weighted by atomic mass is 10.1. The summed E-state index contributed by atoms with van der Waals surface area (Å²) in [4.78, 5) is 0. The van der Waals surface area contributed by atoms with Gasteiger partial charge in [-0.2, -0.15) is 0 Å². The Morgan fingerprint density at radius 2 is 1.88 bits per heavy atom. The van der Waals surface area contributed by atoms with E-state index in [2.05, 4.69) is 0 Å². The van der Waals surface area contributed by atoms with Crippen molar-refractivity contribution < 1.29 is 4.21 Å². The third-order valence-electron chi connectivity index (χ3n) is 3.25. The van der Waals surface area contributed by atoms with E-state index in [4.69, 9.17) is 5.73 Å². The van der Waals surface area contributed by atoms with Crippen LogP contribution in [0, 0.1) is 0 Å². The molecule has 2 unspecified atom stereocenters. The molecular weight excluding hydrogens is 218 g/mol. The molecule has 2 rings (SSSR count). The van der Waals surface area contributed by atoms with E-state index in [1.807, 2.05) is 30.3 Å². The second-order valence-corrected chi connectivity index (χ2v) is 6.23. The zero-order valence-corrected chi connectivity index (χ0v) is 10.3. The van der Waals surface area contributed by atoms with Crippen LogP contribution in [0.5, 0.6) is 0 Å². The lowest BCUT2D eigenvalue weighted by Gasteiger charge is -2.15. The van der Waals surface area contributed by atoms with E-state index in [9.17, 15) is 4.21 Å². The number of hydrogen-bond acceptors (Lipinski definition) is 2. The lowest BCUT2D eigenvalue weighted by Crippen LogP contribution is -2.23. The fraction of sp³-hybridized carbons (Fsp3) is 0.538. The highest BCUT2D eigenvalue weighted by atomic mass is 32.2. The third-order valence-corrected chi connectivity index (χ3v) is 5.15. The lowest BCUT2D eigenvalue weighted by molar-refractivity contribution is 0.661. The van der Waals surface area contributed by atoms with Gasteiger partial charge >= 0.3 is 0 Å². The topological polar surface area (TPSA) is 43.1 Å². The highest BCUT2D eigenvalue weighted by Crippen LogP contribution is 2.24. The molecule has 1 fully saturated rings. The number of nitrogens with two attached hydrogens (primary N) is 1. The molecule has 88 valence electrons. The average molecular weight is 237 g/mol. The summed E-state index contributed by atoms with van der Waals surface area (Å²) < 4.78 is 12.1. The van der Waals surface area contributed by atoms with Gasteiger partial charge in [0, 0.05) is 27.8 Å². The second-order valence-electron chi connectivity index (χ2n) is 4.47. The van der Waals surface area contributed by atoms with Gasteiger partial charge in [0.25, 0.3) is 0 Å². The SMILES string of the molecule is NC(CS(=O)C1CCCC1)c1ccccc1. The van der Waals surface area contributed by atoms with Gasteiger partial charge in [-0.05, 0) is 18.4 Å². The molecule has 1 aliphatic rings. The Hall–Kier alpha value is -0.670. The predicted molar refractivity (Wildman–Crippen MR) is 68.6 cm³/mol. The standard InChI is InChI=1S/C13H19NOS/c14-13(11-6-2-1-3-7-11)10-16(15)12-8-4-5-9-12/h1-3,6-7,12-13H,4-5,8-10,14H2. The summed E-state index contributed by atoms with van der Waals surface area (Å²) in [6.45, 7) is 0. The maximum Gasteiger partial charge on any atom is 0.0431 e. The first-order chi connectivity index (χ1) is 7.77. The summed E-state index contributed by atoms with van der Waals surface area (Å²) in [5, 5.41) is 0.398. The largest absolute Gasteiger partial charge is 0.323 e. The van der Waals surface area contributed by atoms with Crippen LogP contribution in [0.3, 0.4) is 0 Å². The molecule has 2 nitrogen and oxygen atoms in total. The first-order valence-corrected chi connectivity index (χ1v) is 7.33. The molecule has 1 saturated carbocycles. The van der Waals surface area contributed by atoms with Crippen LogP contribution in [0.1, 0.15) is 37.3 Å². The average Bonchev–Trinajstić information content (AvgIpc) is 2.83. The zero-order chi connectivity index (χ0) is 11.4. The molecule has 1 aromatic carbocycles. The van der Waals surface area contributed by atoms with Crippen molar-refractivity contribution in [2.75, 3.05) is 5.75 Å². The van der Waals surface area contributed by atoms with Crippen molar-refractivity contribution >= 4 is 10.8 Å². The van der Waals surface area contributed by atoms with E-state index in [0.717, 1.165) is 18.4 Å². The van der Waals surface area contributed by atoms with Gasteiger partial charge in [-0.15, -0.1) is 0 Å². The zero-order valence-electron chi connectivity index (χ0n) is 9.47. The summed E-state index contributed by atoms with van der Waals surface area (Å²) in [6, 6.07) is 9.88. The van der Waals surface area contributed by atoms with E-state index in [1.165, 1.54) is 12.8 Å². The first-order valence-electron chi connectivity index (χ1n) is 5.95. The number of hydrogen-bond donors (Lipinski definition) is 1. The summed E-state index contributed by atoms with van der Waals surface area (Å²) in [7, 11) is -0.751. The molecule has 0 aliphatic heterocycles. The fourth-order valence-corrected chi connectivity index (χ4v) is 3.94. The van der Waals surface area contributed by atoms with Crippen molar-refractivity contribution in [2.24, 2.45) is 5.73 Å². The summed E-state index contributed by atoms with van der Waals surface area (Å²) >= 11 is 0. The molecule has 0 bridgehead atoms. The van der Waals surface area contributed by atoms with Gasteiger partial charge in [0.1, 0.15) is 0 Å². The molecule has 3 heteroatoms. The Morgan fingerprint density at radius 1 is 1.25 bits per heavy atom. The molecule has 16 heavy (non-hydrogen) atoms. The number of rotatable bonds is 4. The van der Waals surface area contributed by atoms with Gasteiger partial charge in [-0.1, -0.05) is 43.2 Å². The van der Waals surface area contributed by atoms with Crippen LogP contribution in [-0.2, 0) is 10.8 Å². The molecule has 0 heterocycles. The van der Waals surface area contributed by atoms with E-state index in [1.54, 1.807) is 0 Å². The minimum atomic E-state index is -0.751. The molecular formula is C13H19NOS. The van der Waals surface area contributed by atoms with E-state index in [0.29, 0.717) is 11.0 Å². The van der Waals surface area contributed by atoms with Gasteiger partial charge in [-0.25, -0.2) is 0 Å². The van der Waals surface area contributed by atoms with Crippen LogP contribution < -0.4 is 5.73 Å². The third kappa shape index (κ3) is 2.92. The van der Waals surface area contributed by atoms with Crippen LogP contribution in [0.4, 0.5) is 0 Å². The van der Waals surface area contributed by atoms with Crippen LogP contribution in [0.15, 0.2) is 30.3 Å². The van der Waals surface area contributed by atoms with E-state index >= 15 is 0 Å². The molecule has 2 N–H and O–H groups in total. The van der Waals surface area contributed by atoms with Crippen molar-refractivity contribution in [2.45, 2.75) is 37.0 Å². The molecule has 2 atom stereocenters. The van der Waals surface area contributed by atoms with Crippen LogP contribution in [0.25, 0.3) is 0 Å². The van der Waals surface area contributed by atoms with Crippen molar-refractivity contribution in [3.63, 3.8) is 0 Å². The Bertz CT molecular complexity index is 346. The highest BCUT2D eigenvalue weighted by molar-refractivity contribution is 7.85. The van der Waals surface area contributed by atoms with Crippen LogP contribution in [-0.4, -0.2) is 15.2 Å².